The molecule has 0 saturated heterocycles. The summed E-state index contributed by atoms with van der Waals surface area (Å²) in [5, 5.41) is 5.28. The minimum atomic E-state index is -1.95. The van der Waals surface area contributed by atoms with E-state index in [1.807, 2.05) is 6.07 Å². The molecule has 0 fully saturated rings. The van der Waals surface area contributed by atoms with Gasteiger partial charge in [0, 0.05) is 11.1 Å². The zero-order chi connectivity index (χ0) is 21.0. The van der Waals surface area contributed by atoms with Gasteiger partial charge in [0.1, 0.15) is 8.07 Å². The number of hydrogen-bond donors (Lipinski definition) is 0. The van der Waals surface area contributed by atoms with Crippen LogP contribution in [0.25, 0.3) is 44.7 Å². The van der Waals surface area contributed by atoms with E-state index in [2.05, 4.69) is 104 Å². The summed E-state index contributed by atoms with van der Waals surface area (Å²) < 4.78 is 0. The first-order valence-electron chi connectivity index (χ1n) is 10.7. The Bertz CT molecular complexity index is 1450. The highest BCUT2D eigenvalue weighted by atomic mass is 28.3. The van der Waals surface area contributed by atoms with Gasteiger partial charge in [-0.15, -0.1) is 0 Å². The van der Waals surface area contributed by atoms with Crippen molar-refractivity contribution in [2.75, 3.05) is 0 Å². The van der Waals surface area contributed by atoms with Crippen molar-refractivity contribution in [1.82, 2.24) is 9.97 Å². The van der Waals surface area contributed by atoms with Crippen LogP contribution >= 0.6 is 0 Å². The van der Waals surface area contributed by atoms with Gasteiger partial charge in [0.25, 0.3) is 0 Å². The molecule has 0 atom stereocenters. The first-order valence-corrected chi connectivity index (χ1v) is 13.7. The second kappa shape index (κ2) is 6.72. The SMILES string of the molecule is C[Si]1(C)c2ccccc2-c2nc(-c3ccccc3)nc(-c3cccc4ccccc34)c21. The highest BCUT2D eigenvalue weighted by Gasteiger charge is 2.41. The molecule has 6 rings (SSSR count). The van der Waals surface area contributed by atoms with E-state index < -0.39 is 8.07 Å². The molecule has 1 aromatic heterocycles. The molecule has 1 aliphatic rings. The normalized spacial score (nSPS) is 13.7. The largest absolute Gasteiger partial charge is 0.228 e. The lowest BCUT2D eigenvalue weighted by Gasteiger charge is -2.22. The van der Waals surface area contributed by atoms with Gasteiger partial charge in [-0.05, 0) is 26.7 Å². The van der Waals surface area contributed by atoms with E-state index in [1.54, 1.807) is 0 Å². The number of hydrogen-bond acceptors (Lipinski definition) is 2. The molecular weight excluding hydrogens is 392 g/mol. The summed E-state index contributed by atoms with van der Waals surface area (Å²) in [7, 11) is -1.95. The zero-order valence-electron chi connectivity index (χ0n) is 17.6. The van der Waals surface area contributed by atoms with Crippen molar-refractivity contribution < 1.29 is 0 Å². The molecule has 2 nitrogen and oxygen atoms in total. The van der Waals surface area contributed by atoms with Crippen molar-refractivity contribution in [3.8, 4) is 33.9 Å². The summed E-state index contributed by atoms with van der Waals surface area (Å²) in [4.78, 5) is 10.4. The predicted octanol–water partition coefficient (Wildman–Crippen LogP) is 5.77. The van der Waals surface area contributed by atoms with E-state index in [0.29, 0.717) is 0 Å². The van der Waals surface area contributed by atoms with E-state index in [0.717, 1.165) is 22.8 Å². The van der Waals surface area contributed by atoms with Gasteiger partial charge >= 0.3 is 0 Å². The second-order valence-electron chi connectivity index (χ2n) is 8.68. The van der Waals surface area contributed by atoms with Crippen LogP contribution in [0.1, 0.15) is 0 Å². The van der Waals surface area contributed by atoms with Crippen molar-refractivity contribution in [3.05, 3.63) is 97.1 Å². The zero-order valence-corrected chi connectivity index (χ0v) is 18.6. The summed E-state index contributed by atoms with van der Waals surface area (Å²) in [5.41, 5.74) is 5.73. The Kier molecular flexibility index (Phi) is 3.95. The van der Waals surface area contributed by atoms with Crippen molar-refractivity contribution >= 4 is 29.2 Å². The number of fused-ring (bicyclic) bond motifs is 4. The second-order valence-corrected chi connectivity index (χ2v) is 13.0. The maximum atomic E-state index is 5.24. The number of nitrogens with zero attached hydrogens (tertiary/aromatic N) is 2. The molecular formula is C28H22N2Si. The highest BCUT2D eigenvalue weighted by molar-refractivity contribution is 7.04. The van der Waals surface area contributed by atoms with Crippen LogP contribution in [0, 0.1) is 0 Å². The molecule has 0 bridgehead atoms. The van der Waals surface area contributed by atoms with E-state index in [9.17, 15) is 0 Å². The Labute approximate surface area is 183 Å². The lowest BCUT2D eigenvalue weighted by atomic mass is 10.0. The average Bonchev–Trinajstić information content (AvgIpc) is 3.06. The van der Waals surface area contributed by atoms with Crippen LogP contribution in [0.4, 0.5) is 0 Å². The van der Waals surface area contributed by atoms with Crippen LogP contribution in [0.2, 0.25) is 13.1 Å². The van der Waals surface area contributed by atoms with Gasteiger partial charge in [-0.3, -0.25) is 0 Å². The summed E-state index contributed by atoms with van der Waals surface area (Å²) >= 11 is 0. The topological polar surface area (TPSA) is 25.8 Å². The van der Waals surface area contributed by atoms with E-state index >= 15 is 0 Å². The minimum absolute atomic E-state index is 0.795. The van der Waals surface area contributed by atoms with Crippen LogP contribution in [-0.2, 0) is 0 Å². The summed E-state index contributed by atoms with van der Waals surface area (Å²) in [6, 6.07) is 34.3. The molecule has 0 aliphatic carbocycles. The average molecular weight is 415 g/mol. The van der Waals surface area contributed by atoms with Crippen molar-refractivity contribution in [2.45, 2.75) is 13.1 Å². The molecule has 0 amide bonds. The molecule has 3 heteroatoms. The van der Waals surface area contributed by atoms with Crippen LogP contribution < -0.4 is 10.4 Å². The van der Waals surface area contributed by atoms with Gasteiger partial charge < -0.3 is 0 Å². The van der Waals surface area contributed by atoms with Crippen LogP contribution in [0.15, 0.2) is 97.1 Å². The third-order valence-corrected chi connectivity index (χ3v) is 9.97. The predicted molar refractivity (Wildman–Crippen MR) is 133 cm³/mol. The minimum Gasteiger partial charge on any atom is -0.228 e. The number of rotatable bonds is 2. The Hall–Kier alpha value is -3.56. The molecule has 5 aromatic rings. The Morgan fingerprint density at radius 2 is 1.19 bits per heavy atom. The fraction of sp³-hybridized carbons (Fsp3) is 0.0714. The highest BCUT2D eigenvalue weighted by Crippen LogP contribution is 2.35. The van der Waals surface area contributed by atoms with Crippen LogP contribution in [0.3, 0.4) is 0 Å². The molecule has 2 heterocycles. The molecule has 4 aromatic carbocycles. The van der Waals surface area contributed by atoms with Crippen LogP contribution in [0.5, 0.6) is 0 Å². The molecule has 0 unspecified atom stereocenters. The van der Waals surface area contributed by atoms with E-state index in [4.69, 9.17) is 9.97 Å². The van der Waals surface area contributed by atoms with Gasteiger partial charge in [0.15, 0.2) is 5.82 Å². The van der Waals surface area contributed by atoms with E-state index in [1.165, 1.54) is 32.3 Å². The summed E-state index contributed by atoms with van der Waals surface area (Å²) in [5.74, 6) is 0.795. The van der Waals surface area contributed by atoms with Crippen molar-refractivity contribution in [3.63, 3.8) is 0 Å². The van der Waals surface area contributed by atoms with E-state index in [-0.39, 0.29) is 0 Å². The standard InChI is InChI=1S/C28H22N2Si/c1-31(2)24-18-9-8-16-23(24)26-27(31)25(29-28(30-26)20-12-4-3-5-13-20)22-17-10-14-19-11-6-7-15-21(19)22/h3-18H,1-2H3. The van der Waals surface area contributed by atoms with Crippen molar-refractivity contribution in [2.24, 2.45) is 0 Å². The quantitative estimate of drug-likeness (QED) is 0.343. The van der Waals surface area contributed by atoms with Gasteiger partial charge in [-0.25, -0.2) is 9.97 Å². The van der Waals surface area contributed by atoms with Gasteiger partial charge in [-0.2, -0.15) is 0 Å². The van der Waals surface area contributed by atoms with Gasteiger partial charge in [0.2, 0.25) is 0 Å². The molecule has 0 radical (unpaired) electrons. The van der Waals surface area contributed by atoms with Crippen LogP contribution in [-0.4, -0.2) is 18.0 Å². The number of aromatic nitrogens is 2. The smallest absolute Gasteiger partial charge is 0.160 e. The monoisotopic (exact) mass is 414 g/mol. The molecule has 0 saturated carbocycles. The molecule has 1 aliphatic heterocycles. The molecule has 0 N–H and O–H groups in total. The maximum Gasteiger partial charge on any atom is 0.160 e. The molecule has 0 spiro atoms. The third kappa shape index (κ3) is 2.70. The van der Waals surface area contributed by atoms with Crippen molar-refractivity contribution in [1.29, 1.82) is 0 Å². The molecule has 31 heavy (non-hydrogen) atoms. The Morgan fingerprint density at radius 3 is 2.03 bits per heavy atom. The lowest BCUT2D eigenvalue weighted by molar-refractivity contribution is 1.20. The Morgan fingerprint density at radius 1 is 0.581 bits per heavy atom. The fourth-order valence-electron chi connectivity index (χ4n) is 4.96. The fourth-order valence-corrected chi connectivity index (χ4v) is 8.18. The maximum absolute atomic E-state index is 5.24. The first-order chi connectivity index (χ1) is 15.1. The van der Waals surface area contributed by atoms with Gasteiger partial charge in [-0.1, -0.05) is 110 Å². The summed E-state index contributed by atoms with van der Waals surface area (Å²) in [6.45, 7) is 4.86. The first kappa shape index (κ1) is 18.2. The number of benzene rings is 4. The lowest BCUT2D eigenvalue weighted by Crippen LogP contribution is -2.50. The third-order valence-electron chi connectivity index (χ3n) is 6.47. The Balaban J connectivity index is 1.75. The summed E-state index contributed by atoms with van der Waals surface area (Å²) in [6.07, 6.45) is 0. The van der Waals surface area contributed by atoms with Gasteiger partial charge in [0.05, 0.1) is 11.4 Å². The molecule has 148 valence electrons.